The van der Waals surface area contributed by atoms with Crippen LogP contribution in [0, 0.1) is 0 Å². The van der Waals surface area contributed by atoms with E-state index in [1.54, 1.807) is 6.92 Å². The summed E-state index contributed by atoms with van der Waals surface area (Å²) in [5, 5.41) is 0. The van der Waals surface area contributed by atoms with Gasteiger partial charge in [0.15, 0.2) is 0 Å². The summed E-state index contributed by atoms with van der Waals surface area (Å²) in [6.07, 6.45) is 1.24. The van der Waals surface area contributed by atoms with E-state index in [0.717, 1.165) is 0 Å². The van der Waals surface area contributed by atoms with Crippen LogP contribution in [0.1, 0.15) is 33.1 Å². The van der Waals surface area contributed by atoms with E-state index in [-0.39, 0.29) is 30.9 Å². The SMILES string of the molecule is CCOC(=O)CCS(=O)(=O)N1CCC(N)CC1C. The molecule has 1 rings (SSSR count). The van der Waals surface area contributed by atoms with Gasteiger partial charge >= 0.3 is 5.97 Å². The Morgan fingerprint density at radius 3 is 2.72 bits per heavy atom. The predicted molar refractivity (Wildman–Crippen MR) is 68.4 cm³/mol. The molecule has 18 heavy (non-hydrogen) atoms. The summed E-state index contributed by atoms with van der Waals surface area (Å²) in [6, 6.07) is -0.0301. The third kappa shape index (κ3) is 4.22. The molecule has 2 N–H and O–H groups in total. The van der Waals surface area contributed by atoms with Gasteiger partial charge in [0.1, 0.15) is 0 Å². The first kappa shape index (κ1) is 15.4. The number of hydrogen-bond donors (Lipinski definition) is 1. The first-order chi connectivity index (χ1) is 8.36. The fraction of sp³-hybridized carbons (Fsp3) is 0.909. The van der Waals surface area contributed by atoms with Gasteiger partial charge in [-0.15, -0.1) is 0 Å². The molecule has 0 radical (unpaired) electrons. The number of carbonyl (C=O) groups is 1. The van der Waals surface area contributed by atoms with E-state index in [2.05, 4.69) is 0 Å². The summed E-state index contributed by atoms with van der Waals surface area (Å²) in [7, 11) is -3.39. The van der Waals surface area contributed by atoms with Crippen LogP contribution in [0.5, 0.6) is 0 Å². The Labute approximate surface area is 109 Å². The Bertz CT molecular complexity index is 383. The van der Waals surface area contributed by atoms with Gasteiger partial charge in [-0.2, -0.15) is 4.31 Å². The molecule has 2 atom stereocenters. The fourth-order valence-electron chi connectivity index (χ4n) is 2.16. The Kier molecular flexibility index (Phi) is 5.55. The molecule has 1 aliphatic heterocycles. The molecule has 1 fully saturated rings. The number of nitrogens with two attached hydrogens (primary N) is 1. The van der Waals surface area contributed by atoms with Gasteiger partial charge in [-0.05, 0) is 26.7 Å². The molecule has 106 valence electrons. The number of esters is 1. The maximum Gasteiger partial charge on any atom is 0.306 e. The average molecular weight is 278 g/mol. The Morgan fingerprint density at radius 2 is 2.17 bits per heavy atom. The quantitative estimate of drug-likeness (QED) is 0.719. The lowest BCUT2D eigenvalue weighted by molar-refractivity contribution is -0.142. The van der Waals surface area contributed by atoms with Crippen molar-refractivity contribution in [3.8, 4) is 0 Å². The number of rotatable bonds is 5. The Morgan fingerprint density at radius 1 is 1.50 bits per heavy atom. The Hall–Kier alpha value is -0.660. The summed E-state index contributed by atoms with van der Waals surface area (Å²) in [6.45, 7) is 4.25. The van der Waals surface area contributed by atoms with Crippen molar-refractivity contribution >= 4 is 16.0 Å². The number of ether oxygens (including phenoxy) is 1. The van der Waals surface area contributed by atoms with Gasteiger partial charge < -0.3 is 10.5 Å². The highest BCUT2D eigenvalue weighted by Crippen LogP contribution is 2.20. The second kappa shape index (κ2) is 6.49. The van der Waals surface area contributed by atoms with E-state index in [9.17, 15) is 13.2 Å². The van der Waals surface area contributed by atoms with Crippen LogP contribution in [-0.4, -0.2) is 49.7 Å². The molecule has 0 bridgehead atoms. The maximum absolute atomic E-state index is 12.1. The summed E-state index contributed by atoms with van der Waals surface area (Å²) in [5.41, 5.74) is 5.80. The molecule has 1 aliphatic rings. The molecule has 0 aliphatic carbocycles. The van der Waals surface area contributed by atoms with Gasteiger partial charge in [0.25, 0.3) is 0 Å². The normalized spacial score (nSPS) is 25.9. The van der Waals surface area contributed by atoms with E-state index < -0.39 is 16.0 Å². The average Bonchev–Trinajstić information content (AvgIpc) is 2.26. The van der Waals surface area contributed by atoms with Crippen LogP contribution < -0.4 is 5.73 Å². The van der Waals surface area contributed by atoms with E-state index in [0.29, 0.717) is 19.4 Å². The minimum absolute atomic E-state index is 0.0662. The van der Waals surface area contributed by atoms with E-state index in [4.69, 9.17) is 10.5 Å². The van der Waals surface area contributed by atoms with Crippen LogP contribution in [0.15, 0.2) is 0 Å². The molecule has 0 aromatic rings. The zero-order chi connectivity index (χ0) is 13.8. The van der Waals surface area contributed by atoms with Crippen LogP contribution in [0.4, 0.5) is 0 Å². The van der Waals surface area contributed by atoms with E-state index >= 15 is 0 Å². The molecule has 1 saturated heterocycles. The van der Waals surface area contributed by atoms with Gasteiger partial charge in [-0.3, -0.25) is 4.79 Å². The van der Waals surface area contributed by atoms with Crippen molar-refractivity contribution < 1.29 is 17.9 Å². The molecule has 1 heterocycles. The van der Waals surface area contributed by atoms with Gasteiger partial charge in [-0.25, -0.2) is 8.42 Å². The van der Waals surface area contributed by atoms with Crippen LogP contribution in [0.2, 0.25) is 0 Å². The van der Waals surface area contributed by atoms with Crippen molar-refractivity contribution in [2.75, 3.05) is 18.9 Å². The monoisotopic (exact) mass is 278 g/mol. The smallest absolute Gasteiger partial charge is 0.306 e. The molecule has 6 nitrogen and oxygen atoms in total. The van der Waals surface area contributed by atoms with Crippen molar-refractivity contribution in [3.63, 3.8) is 0 Å². The molecular weight excluding hydrogens is 256 g/mol. The minimum atomic E-state index is -3.39. The van der Waals surface area contributed by atoms with Crippen molar-refractivity contribution in [1.82, 2.24) is 4.31 Å². The molecule has 0 aromatic carbocycles. The van der Waals surface area contributed by atoms with Gasteiger partial charge in [0.2, 0.25) is 10.0 Å². The van der Waals surface area contributed by atoms with Crippen LogP contribution in [0.3, 0.4) is 0 Å². The predicted octanol–water partition coefficient (Wildman–Crippen LogP) is 0.0810. The summed E-state index contributed by atoms with van der Waals surface area (Å²) in [4.78, 5) is 11.2. The number of carbonyl (C=O) groups excluding carboxylic acids is 1. The highest BCUT2D eigenvalue weighted by atomic mass is 32.2. The highest BCUT2D eigenvalue weighted by Gasteiger charge is 2.32. The maximum atomic E-state index is 12.1. The molecule has 0 amide bonds. The molecule has 7 heteroatoms. The van der Waals surface area contributed by atoms with Crippen molar-refractivity contribution in [3.05, 3.63) is 0 Å². The van der Waals surface area contributed by atoms with Gasteiger partial charge in [0.05, 0.1) is 18.8 Å². The second-order valence-corrected chi connectivity index (χ2v) is 6.66. The molecule has 0 spiro atoms. The standard InChI is InChI=1S/C11H22N2O4S/c1-3-17-11(14)5-7-18(15,16)13-6-4-10(12)8-9(13)2/h9-10H,3-8,12H2,1-2H3. The molecule has 0 aromatic heterocycles. The Balaban J connectivity index is 2.55. The number of sulfonamides is 1. The lowest BCUT2D eigenvalue weighted by Gasteiger charge is -2.35. The lowest BCUT2D eigenvalue weighted by Crippen LogP contribution is -2.49. The topological polar surface area (TPSA) is 89.7 Å². The van der Waals surface area contributed by atoms with Crippen molar-refractivity contribution in [2.45, 2.75) is 45.2 Å². The zero-order valence-electron chi connectivity index (χ0n) is 11.0. The van der Waals surface area contributed by atoms with Crippen LogP contribution >= 0.6 is 0 Å². The van der Waals surface area contributed by atoms with Crippen molar-refractivity contribution in [2.24, 2.45) is 5.73 Å². The van der Waals surface area contributed by atoms with E-state index in [1.807, 2.05) is 6.92 Å². The largest absolute Gasteiger partial charge is 0.466 e. The highest BCUT2D eigenvalue weighted by molar-refractivity contribution is 7.89. The third-order valence-electron chi connectivity index (χ3n) is 3.08. The summed E-state index contributed by atoms with van der Waals surface area (Å²) in [5.74, 6) is -0.659. The number of hydrogen-bond acceptors (Lipinski definition) is 5. The van der Waals surface area contributed by atoms with Crippen LogP contribution in [0.25, 0.3) is 0 Å². The minimum Gasteiger partial charge on any atom is -0.466 e. The number of nitrogens with zero attached hydrogens (tertiary/aromatic N) is 1. The van der Waals surface area contributed by atoms with Gasteiger partial charge in [-0.1, -0.05) is 0 Å². The fourth-order valence-corrected chi connectivity index (χ4v) is 3.84. The molecule has 2 unspecified atom stereocenters. The van der Waals surface area contributed by atoms with Crippen LogP contribution in [-0.2, 0) is 19.6 Å². The molecular formula is C11H22N2O4S. The zero-order valence-corrected chi connectivity index (χ0v) is 11.8. The first-order valence-corrected chi connectivity index (χ1v) is 7.88. The van der Waals surface area contributed by atoms with Gasteiger partial charge in [0, 0.05) is 18.6 Å². The van der Waals surface area contributed by atoms with Crippen molar-refractivity contribution in [1.29, 1.82) is 0 Å². The lowest BCUT2D eigenvalue weighted by atomic mass is 10.0. The molecule has 0 saturated carbocycles. The van der Waals surface area contributed by atoms with E-state index in [1.165, 1.54) is 4.31 Å². The second-order valence-electron chi connectivity index (χ2n) is 4.62. The summed E-state index contributed by atoms with van der Waals surface area (Å²) < 4.78 is 30.4. The third-order valence-corrected chi connectivity index (χ3v) is 5.06. The number of piperidine rings is 1. The summed E-state index contributed by atoms with van der Waals surface area (Å²) >= 11 is 0. The first-order valence-electron chi connectivity index (χ1n) is 6.27.